The number of nitrogens with zero attached hydrogens (tertiary/aromatic N) is 2. The largest absolute Gasteiger partial charge is 0.433 e. The van der Waals surface area contributed by atoms with E-state index in [0.29, 0.717) is 35.1 Å². The minimum Gasteiger partial charge on any atom is -0.395 e. The van der Waals surface area contributed by atoms with E-state index >= 15 is 0 Å². The molecule has 1 aliphatic heterocycles. The maximum atomic E-state index is 12.6. The second kappa shape index (κ2) is 7.35. The number of carbonyl (C=O) groups excluding carboxylic acids is 2. The average molecular weight is 398 g/mol. The third kappa shape index (κ3) is 3.81. The molecule has 1 atom stereocenters. The number of furan rings is 1. The quantitative estimate of drug-likeness (QED) is 0.624. The molecule has 1 saturated heterocycles. The Hall–Kier alpha value is -2.58. The number of hydrogen-bond donors (Lipinski definition) is 1. The van der Waals surface area contributed by atoms with Crippen LogP contribution in [-0.2, 0) is 4.79 Å². The summed E-state index contributed by atoms with van der Waals surface area (Å²) in [6.07, 6.45) is 1.09. The van der Waals surface area contributed by atoms with Crippen molar-refractivity contribution in [1.29, 1.82) is 0 Å². The molecule has 0 radical (unpaired) electrons. The van der Waals surface area contributed by atoms with Crippen LogP contribution in [0, 0.1) is 10.1 Å². The summed E-state index contributed by atoms with van der Waals surface area (Å²) in [5.74, 6) is -1.67. The molecule has 2 heterocycles. The van der Waals surface area contributed by atoms with Crippen LogP contribution in [-0.4, -0.2) is 34.2 Å². The second-order valence-corrected chi connectivity index (χ2v) is 6.57. The van der Waals surface area contributed by atoms with Crippen LogP contribution in [0.15, 0.2) is 34.7 Å². The third-order valence-electron chi connectivity index (χ3n) is 3.93. The number of halogens is 2. The topological polar surface area (TPSA) is 106 Å². The lowest BCUT2D eigenvalue weighted by Gasteiger charge is -2.23. The van der Waals surface area contributed by atoms with Crippen molar-refractivity contribution in [2.45, 2.75) is 18.9 Å². The average Bonchev–Trinajstić information content (AvgIpc) is 3.23. The molecule has 1 fully saturated rings. The first-order chi connectivity index (χ1) is 12.3. The van der Waals surface area contributed by atoms with Gasteiger partial charge in [0.05, 0.1) is 6.07 Å². The first-order valence-electron chi connectivity index (χ1n) is 7.67. The van der Waals surface area contributed by atoms with Gasteiger partial charge in [-0.3, -0.25) is 19.7 Å². The van der Waals surface area contributed by atoms with Crippen LogP contribution in [0.4, 0.5) is 11.6 Å². The van der Waals surface area contributed by atoms with E-state index in [2.05, 4.69) is 5.32 Å². The van der Waals surface area contributed by atoms with Crippen molar-refractivity contribution in [2.24, 2.45) is 0 Å². The van der Waals surface area contributed by atoms with Crippen molar-refractivity contribution in [2.75, 3.05) is 11.9 Å². The van der Waals surface area contributed by atoms with E-state index in [1.54, 1.807) is 12.1 Å². The van der Waals surface area contributed by atoms with Gasteiger partial charge in [0, 0.05) is 22.3 Å². The fraction of sp³-hybridized carbons (Fsp3) is 0.250. The number of amides is 2. The lowest BCUT2D eigenvalue weighted by Crippen LogP contribution is -2.43. The Kier molecular flexibility index (Phi) is 5.15. The van der Waals surface area contributed by atoms with Crippen molar-refractivity contribution in [3.05, 3.63) is 56.3 Å². The molecule has 0 aliphatic carbocycles. The molecular formula is C16H13Cl2N3O5. The van der Waals surface area contributed by atoms with Crippen LogP contribution in [0.25, 0.3) is 0 Å². The highest BCUT2D eigenvalue weighted by atomic mass is 35.5. The number of rotatable bonds is 4. The number of benzene rings is 1. The maximum absolute atomic E-state index is 12.6. The molecule has 1 aromatic carbocycles. The fourth-order valence-corrected chi connectivity index (χ4v) is 3.34. The Morgan fingerprint density at radius 2 is 1.92 bits per heavy atom. The summed E-state index contributed by atoms with van der Waals surface area (Å²) in [6.45, 7) is 0.349. The molecule has 0 bridgehead atoms. The SMILES string of the molecule is O=C(Nc1cc(Cl)cc(Cl)c1)[C@H]1CCCN1C(=O)c1ccc([N+](=O)[O-])o1. The first kappa shape index (κ1) is 18.2. The van der Waals surface area contributed by atoms with Gasteiger partial charge < -0.3 is 14.6 Å². The maximum Gasteiger partial charge on any atom is 0.433 e. The lowest BCUT2D eigenvalue weighted by atomic mass is 10.2. The minimum atomic E-state index is -0.728. The van der Waals surface area contributed by atoms with E-state index in [-0.39, 0.29) is 5.76 Å². The van der Waals surface area contributed by atoms with Gasteiger partial charge >= 0.3 is 5.88 Å². The summed E-state index contributed by atoms with van der Waals surface area (Å²) in [5.41, 5.74) is 0.417. The van der Waals surface area contributed by atoms with Gasteiger partial charge in [0.2, 0.25) is 5.91 Å². The molecule has 0 spiro atoms. The van der Waals surface area contributed by atoms with Gasteiger partial charge in [0.25, 0.3) is 5.91 Å². The Morgan fingerprint density at radius 3 is 2.54 bits per heavy atom. The first-order valence-corrected chi connectivity index (χ1v) is 8.43. The van der Waals surface area contributed by atoms with Crippen molar-refractivity contribution in [3.63, 3.8) is 0 Å². The molecule has 2 amide bonds. The van der Waals surface area contributed by atoms with Crippen molar-refractivity contribution in [3.8, 4) is 0 Å². The van der Waals surface area contributed by atoms with Gasteiger partial charge in [0.15, 0.2) is 5.76 Å². The predicted molar refractivity (Wildman–Crippen MR) is 94.5 cm³/mol. The fourth-order valence-electron chi connectivity index (χ4n) is 2.82. The molecule has 26 heavy (non-hydrogen) atoms. The molecule has 0 unspecified atom stereocenters. The van der Waals surface area contributed by atoms with Crippen LogP contribution >= 0.6 is 23.2 Å². The van der Waals surface area contributed by atoms with E-state index in [0.717, 1.165) is 6.07 Å². The summed E-state index contributed by atoms with van der Waals surface area (Å²) in [6, 6.07) is 6.24. The Labute approximate surface area is 157 Å². The number of nitrogens with one attached hydrogen (secondary N) is 1. The summed E-state index contributed by atoms with van der Waals surface area (Å²) in [7, 11) is 0. The number of carbonyl (C=O) groups is 2. The molecule has 2 aromatic rings. The molecule has 10 heteroatoms. The number of hydrogen-bond acceptors (Lipinski definition) is 5. The number of nitro groups is 1. The monoisotopic (exact) mass is 397 g/mol. The molecule has 136 valence electrons. The standard InChI is InChI=1S/C16H13Cl2N3O5/c17-9-6-10(18)8-11(7-9)19-15(22)12-2-1-5-20(12)16(23)13-3-4-14(26-13)21(24)25/h3-4,6-8,12H,1-2,5H2,(H,19,22)/t12-/m1/s1. The minimum absolute atomic E-state index is 0.179. The van der Waals surface area contributed by atoms with E-state index < -0.39 is 28.7 Å². The number of anilines is 1. The van der Waals surface area contributed by atoms with Gasteiger partial charge in [0.1, 0.15) is 11.0 Å². The molecule has 1 aromatic heterocycles. The predicted octanol–water partition coefficient (Wildman–Crippen LogP) is 3.74. The van der Waals surface area contributed by atoms with Crippen LogP contribution < -0.4 is 5.32 Å². The van der Waals surface area contributed by atoms with Gasteiger partial charge in [-0.2, -0.15) is 0 Å². The van der Waals surface area contributed by atoms with Crippen molar-refractivity contribution < 1.29 is 18.9 Å². The Bertz CT molecular complexity index is 862. The highest BCUT2D eigenvalue weighted by Crippen LogP contribution is 2.26. The highest BCUT2D eigenvalue weighted by molar-refractivity contribution is 6.35. The zero-order chi connectivity index (χ0) is 18.8. The summed E-state index contributed by atoms with van der Waals surface area (Å²) in [5, 5.41) is 14.1. The van der Waals surface area contributed by atoms with Crippen molar-refractivity contribution >= 4 is 46.6 Å². The summed E-state index contributed by atoms with van der Waals surface area (Å²) in [4.78, 5) is 36.4. The highest BCUT2D eigenvalue weighted by Gasteiger charge is 2.36. The van der Waals surface area contributed by atoms with Gasteiger partial charge in [-0.25, -0.2) is 0 Å². The zero-order valence-electron chi connectivity index (χ0n) is 13.3. The molecule has 0 saturated carbocycles. The third-order valence-corrected chi connectivity index (χ3v) is 4.37. The Balaban J connectivity index is 1.75. The second-order valence-electron chi connectivity index (χ2n) is 5.70. The molecule has 8 nitrogen and oxygen atoms in total. The molecule has 1 aliphatic rings. The van der Waals surface area contributed by atoms with Crippen LogP contribution in [0.1, 0.15) is 23.4 Å². The summed E-state index contributed by atoms with van der Waals surface area (Å²) < 4.78 is 4.94. The van der Waals surface area contributed by atoms with Crippen LogP contribution in [0.5, 0.6) is 0 Å². The molecule has 3 rings (SSSR count). The van der Waals surface area contributed by atoms with Gasteiger partial charge in [-0.05, 0) is 37.1 Å². The summed E-state index contributed by atoms with van der Waals surface area (Å²) >= 11 is 11.8. The normalized spacial score (nSPS) is 16.5. The van der Waals surface area contributed by atoms with Crippen molar-refractivity contribution in [1.82, 2.24) is 4.90 Å². The van der Waals surface area contributed by atoms with Gasteiger partial charge in [-0.15, -0.1) is 0 Å². The molecular weight excluding hydrogens is 385 g/mol. The van der Waals surface area contributed by atoms with E-state index in [1.807, 2.05) is 0 Å². The number of likely N-dealkylation sites (tertiary alicyclic amines) is 1. The Morgan fingerprint density at radius 1 is 1.23 bits per heavy atom. The van der Waals surface area contributed by atoms with E-state index in [9.17, 15) is 19.7 Å². The van der Waals surface area contributed by atoms with E-state index in [4.69, 9.17) is 27.6 Å². The van der Waals surface area contributed by atoms with Crippen LogP contribution in [0.3, 0.4) is 0 Å². The lowest BCUT2D eigenvalue weighted by molar-refractivity contribution is -0.402. The van der Waals surface area contributed by atoms with Crippen LogP contribution in [0.2, 0.25) is 10.0 Å². The zero-order valence-corrected chi connectivity index (χ0v) is 14.8. The van der Waals surface area contributed by atoms with E-state index in [1.165, 1.54) is 17.0 Å². The smallest absolute Gasteiger partial charge is 0.395 e. The van der Waals surface area contributed by atoms with Gasteiger partial charge in [-0.1, -0.05) is 23.2 Å². The molecule has 1 N–H and O–H groups in total.